The molecule has 2 rings (SSSR count). The van der Waals surface area contributed by atoms with Crippen LogP contribution in [0.4, 0.5) is 0 Å². The number of aromatic nitrogens is 3. The van der Waals surface area contributed by atoms with Gasteiger partial charge < -0.3 is 5.11 Å². The Labute approximate surface area is 87.7 Å². The first-order valence-corrected chi connectivity index (χ1v) is 4.60. The average Bonchev–Trinajstić information content (AvgIpc) is 2.31. The summed E-state index contributed by atoms with van der Waals surface area (Å²) in [5.74, 6) is 0. The Bertz CT molecular complexity index is 387. The molecule has 2 aromatic heterocycles. The fourth-order valence-corrected chi connectivity index (χ4v) is 1.35. The normalized spacial score (nSPS) is 14.5. The molecule has 0 radical (unpaired) electrons. The second-order valence-electron chi connectivity index (χ2n) is 3.40. The largest absolute Gasteiger partial charge is 0.379 e. The molecule has 1 atom stereocenters. The van der Waals surface area contributed by atoms with Crippen LogP contribution in [0.5, 0.6) is 0 Å². The third-order valence-corrected chi connectivity index (χ3v) is 2.29. The maximum Gasteiger partial charge on any atom is 0.132 e. The SMILES string of the molecule is CC(O)(c1cccnc1)c1cnccn1. The standard InChI is InChI=1S/C11H11N3O/c1-11(15,9-3-2-4-12-7-9)10-8-13-5-6-14-10/h2-8,15H,1H3. The van der Waals surface area contributed by atoms with Gasteiger partial charge >= 0.3 is 0 Å². The van der Waals surface area contributed by atoms with Crippen LogP contribution in [0.15, 0.2) is 43.1 Å². The Balaban J connectivity index is 2.44. The quantitative estimate of drug-likeness (QED) is 0.791. The van der Waals surface area contributed by atoms with Crippen LogP contribution >= 0.6 is 0 Å². The number of hydrogen-bond acceptors (Lipinski definition) is 4. The predicted molar refractivity (Wildman–Crippen MR) is 54.9 cm³/mol. The molecule has 1 N–H and O–H groups in total. The van der Waals surface area contributed by atoms with Crippen LogP contribution < -0.4 is 0 Å². The van der Waals surface area contributed by atoms with Crippen molar-refractivity contribution in [3.8, 4) is 0 Å². The smallest absolute Gasteiger partial charge is 0.132 e. The minimum atomic E-state index is -1.15. The molecule has 0 aliphatic heterocycles. The van der Waals surface area contributed by atoms with E-state index in [1.807, 2.05) is 6.07 Å². The van der Waals surface area contributed by atoms with Crippen molar-refractivity contribution in [2.75, 3.05) is 0 Å². The van der Waals surface area contributed by atoms with E-state index in [-0.39, 0.29) is 0 Å². The van der Waals surface area contributed by atoms with Crippen LogP contribution in [0.3, 0.4) is 0 Å². The third-order valence-electron chi connectivity index (χ3n) is 2.29. The first-order chi connectivity index (χ1) is 7.21. The topological polar surface area (TPSA) is 58.9 Å². The van der Waals surface area contributed by atoms with Crippen molar-refractivity contribution < 1.29 is 5.11 Å². The number of pyridine rings is 1. The Morgan fingerprint density at radius 3 is 2.53 bits per heavy atom. The lowest BCUT2D eigenvalue weighted by Crippen LogP contribution is -2.24. The molecule has 0 saturated heterocycles. The maximum absolute atomic E-state index is 10.3. The van der Waals surface area contributed by atoms with Crippen molar-refractivity contribution >= 4 is 0 Å². The maximum atomic E-state index is 10.3. The minimum absolute atomic E-state index is 0.512. The summed E-state index contributed by atoms with van der Waals surface area (Å²) in [5, 5.41) is 10.3. The van der Waals surface area contributed by atoms with E-state index >= 15 is 0 Å². The molecule has 0 aliphatic rings. The summed E-state index contributed by atoms with van der Waals surface area (Å²) in [6, 6.07) is 3.59. The van der Waals surface area contributed by atoms with Crippen LogP contribution in [0, 0.1) is 0 Å². The highest BCUT2D eigenvalue weighted by atomic mass is 16.3. The van der Waals surface area contributed by atoms with Crippen molar-refractivity contribution in [1.29, 1.82) is 0 Å². The fraction of sp³-hybridized carbons (Fsp3) is 0.182. The van der Waals surface area contributed by atoms with Crippen LogP contribution in [0.1, 0.15) is 18.2 Å². The summed E-state index contributed by atoms with van der Waals surface area (Å²) < 4.78 is 0. The lowest BCUT2D eigenvalue weighted by Gasteiger charge is -2.21. The van der Waals surface area contributed by atoms with Crippen molar-refractivity contribution in [2.24, 2.45) is 0 Å². The highest BCUT2D eigenvalue weighted by Crippen LogP contribution is 2.25. The van der Waals surface area contributed by atoms with Crippen molar-refractivity contribution in [1.82, 2.24) is 15.0 Å². The molecular formula is C11H11N3O. The van der Waals surface area contributed by atoms with Crippen LogP contribution in [-0.2, 0) is 5.60 Å². The molecule has 4 heteroatoms. The molecule has 0 fully saturated rings. The molecule has 15 heavy (non-hydrogen) atoms. The molecule has 0 aliphatic carbocycles. The van der Waals surface area contributed by atoms with Gasteiger partial charge in [0.25, 0.3) is 0 Å². The molecule has 76 valence electrons. The monoisotopic (exact) mass is 201 g/mol. The van der Waals surface area contributed by atoms with E-state index in [1.165, 1.54) is 0 Å². The third kappa shape index (κ3) is 1.85. The highest BCUT2D eigenvalue weighted by Gasteiger charge is 2.27. The van der Waals surface area contributed by atoms with E-state index in [4.69, 9.17) is 0 Å². The molecule has 0 bridgehead atoms. The molecule has 2 heterocycles. The van der Waals surface area contributed by atoms with E-state index in [0.29, 0.717) is 11.3 Å². The summed E-state index contributed by atoms with van der Waals surface area (Å²) in [6.07, 6.45) is 7.96. The van der Waals surface area contributed by atoms with Crippen molar-refractivity contribution in [3.63, 3.8) is 0 Å². The summed E-state index contributed by atoms with van der Waals surface area (Å²) in [4.78, 5) is 12.0. The zero-order chi connectivity index (χ0) is 10.7. The predicted octanol–water partition coefficient (Wildman–Crippen LogP) is 1.13. The van der Waals surface area contributed by atoms with Gasteiger partial charge in [0, 0.05) is 30.4 Å². The van der Waals surface area contributed by atoms with E-state index < -0.39 is 5.60 Å². The Morgan fingerprint density at radius 1 is 1.13 bits per heavy atom. The summed E-state index contributed by atoms with van der Waals surface area (Å²) in [5.41, 5.74) is 0.0613. The van der Waals surface area contributed by atoms with Gasteiger partial charge in [-0.3, -0.25) is 15.0 Å². The van der Waals surface area contributed by atoms with Gasteiger partial charge in [0.1, 0.15) is 5.60 Å². The Hall–Kier alpha value is -1.81. The number of nitrogens with zero attached hydrogens (tertiary/aromatic N) is 3. The van der Waals surface area contributed by atoms with E-state index in [0.717, 1.165) is 0 Å². The average molecular weight is 201 g/mol. The lowest BCUT2D eigenvalue weighted by molar-refractivity contribution is 0.0965. The first kappa shape index (κ1) is 9.73. The van der Waals surface area contributed by atoms with Gasteiger partial charge in [0.05, 0.1) is 11.9 Å². The van der Waals surface area contributed by atoms with E-state index in [9.17, 15) is 5.11 Å². The van der Waals surface area contributed by atoms with Gasteiger partial charge in [-0.05, 0) is 13.0 Å². The minimum Gasteiger partial charge on any atom is -0.379 e. The van der Waals surface area contributed by atoms with Gasteiger partial charge in [0.2, 0.25) is 0 Å². The molecule has 0 amide bonds. The van der Waals surface area contributed by atoms with Crippen LogP contribution in [-0.4, -0.2) is 20.1 Å². The highest BCUT2D eigenvalue weighted by molar-refractivity contribution is 5.27. The molecule has 1 unspecified atom stereocenters. The molecule has 0 aromatic carbocycles. The molecule has 0 spiro atoms. The Kier molecular flexibility index (Phi) is 2.43. The van der Waals surface area contributed by atoms with Gasteiger partial charge in [0.15, 0.2) is 0 Å². The van der Waals surface area contributed by atoms with Crippen molar-refractivity contribution in [3.05, 3.63) is 54.4 Å². The fourth-order valence-electron chi connectivity index (χ4n) is 1.35. The lowest BCUT2D eigenvalue weighted by atomic mass is 9.94. The van der Waals surface area contributed by atoms with Gasteiger partial charge in [-0.1, -0.05) is 6.07 Å². The summed E-state index contributed by atoms with van der Waals surface area (Å²) in [6.45, 7) is 1.67. The second-order valence-corrected chi connectivity index (χ2v) is 3.40. The summed E-state index contributed by atoms with van der Waals surface area (Å²) in [7, 11) is 0. The second kappa shape index (κ2) is 3.74. The van der Waals surface area contributed by atoms with Gasteiger partial charge in [-0.25, -0.2) is 0 Å². The van der Waals surface area contributed by atoms with Crippen molar-refractivity contribution in [2.45, 2.75) is 12.5 Å². The molecular weight excluding hydrogens is 190 g/mol. The Morgan fingerprint density at radius 2 is 1.93 bits per heavy atom. The zero-order valence-electron chi connectivity index (χ0n) is 8.33. The molecule has 2 aromatic rings. The number of rotatable bonds is 2. The number of aliphatic hydroxyl groups is 1. The zero-order valence-corrected chi connectivity index (χ0v) is 8.33. The van der Waals surface area contributed by atoms with Crippen LogP contribution in [0.25, 0.3) is 0 Å². The summed E-state index contributed by atoms with van der Waals surface area (Å²) >= 11 is 0. The van der Waals surface area contributed by atoms with Gasteiger partial charge in [-0.15, -0.1) is 0 Å². The first-order valence-electron chi connectivity index (χ1n) is 4.60. The van der Waals surface area contributed by atoms with E-state index in [1.54, 1.807) is 44.0 Å². The van der Waals surface area contributed by atoms with Crippen LogP contribution in [0.2, 0.25) is 0 Å². The molecule has 0 saturated carbocycles. The van der Waals surface area contributed by atoms with Gasteiger partial charge in [-0.2, -0.15) is 0 Å². The van der Waals surface area contributed by atoms with E-state index in [2.05, 4.69) is 15.0 Å². The number of hydrogen-bond donors (Lipinski definition) is 1. The molecule has 4 nitrogen and oxygen atoms in total.